The van der Waals surface area contributed by atoms with Gasteiger partial charge in [0.15, 0.2) is 0 Å². The summed E-state index contributed by atoms with van der Waals surface area (Å²) < 4.78 is 0. The molecule has 0 heterocycles. The number of likely N-dealkylation sites (N-methyl/N-ethyl adjacent to an activating group) is 1. The molecule has 0 bridgehead atoms. The van der Waals surface area contributed by atoms with Crippen molar-refractivity contribution in [2.24, 2.45) is 5.92 Å². The number of nitrogens with zero attached hydrogens (tertiary/aromatic N) is 1. The van der Waals surface area contributed by atoms with Crippen molar-refractivity contribution < 1.29 is 0 Å². The van der Waals surface area contributed by atoms with Crippen LogP contribution in [0.4, 0.5) is 0 Å². The maximum atomic E-state index is 5.86. The maximum absolute atomic E-state index is 5.86. The summed E-state index contributed by atoms with van der Waals surface area (Å²) in [7, 11) is 2.14. The minimum atomic E-state index is 0.719. The molecule has 1 N–H and O–H groups in total. The van der Waals surface area contributed by atoms with Crippen molar-refractivity contribution in [3.8, 4) is 0 Å². The number of hydrogen-bond donors (Lipinski definition) is 1. The summed E-state index contributed by atoms with van der Waals surface area (Å²) in [4.78, 5) is 2.32. The molecular formula is C14H23ClN2. The summed E-state index contributed by atoms with van der Waals surface area (Å²) in [5.74, 6) is 0.719. The quantitative estimate of drug-likeness (QED) is 0.753. The van der Waals surface area contributed by atoms with E-state index in [0.29, 0.717) is 0 Å². The second kappa shape index (κ2) is 7.70. The second-order valence-electron chi connectivity index (χ2n) is 4.96. The fourth-order valence-electron chi connectivity index (χ4n) is 1.64. The predicted molar refractivity (Wildman–Crippen MR) is 75.5 cm³/mol. The van der Waals surface area contributed by atoms with E-state index in [9.17, 15) is 0 Å². The Hall–Kier alpha value is -0.570. The smallest absolute Gasteiger partial charge is 0.0406 e. The minimum absolute atomic E-state index is 0.719. The largest absolute Gasteiger partial charge is 0.315 e. The molecule has 0 amide bonds. The standard InChI is InChI=1S/C14H23ClN2/c1-12(2)10-16-8-9-17(3)11-13-4-6-14(15)7-5-13/h4-7,12,16H,8-11H2,1-3H3. The van der Waals surface area contributed by atoms with Crippen LogP contribution in [0, 0.1) is 5.92 Å². The highest BCUT2D eigenvalue weighted by Crippen LogP contribution is 2.10. The lowest BCUT2D eigenvalue weighted by Gasteiger charge is -2.17. The summed E-state index contributed by atoms with van der Waals surface area (Å²) in [6.07, 6.45) is 0. The molecule has 2 nitrogen and oxygen atoms in total. The summed E-state index contributed by atoms with van der Waals surface area (Å²) >= 11 is 5.86. The predicted octanol–water partition coefficient (Wildman–Crippen LogP) is 3.02. The third kappa shape index (κ3) is 6.67. The fraction of sp³-hybridized carbons (Fsp3) is 0.571. The van der Waals surface area contributed by atoms with Crippen LogP contribution in [-0.4, -0.2) is 31.6 Å². The average Bonchev–Trinajstić information content (AvgIpc) is 2.27. The van der Waals surface area contributed by atoms with Crippen molar-refractivity contribution in [3.63, 3.8) is 0 Å². The van der Waals surface area contributed by atoms with Crippen LogP contribution in [0.2, 0.25) is 5.02 Å². The van der Waals surface area contributed by atoms with E-state index in [0.717, 1.165) is 37.1 Å². The lowest BCUT2D eigenvalue weighted by atomic mass is 10.2. The van der Waals surface area contributed by atoms with Crippen molar-refractivity contribution in [1.82, 2.24) is 10.2 Å². The third-order valence-electron chi connectivity index (χ3n) is 2.59. The van der Waals surface area contributed by atoms with E-state index in [1.165, 1.54) is 5.56 Å². The Morgan fingerprint density at radius 2 is 1.88 bits per heavy atom. The van der Waals surface area contributed by atoms with Crippen LogP contribution in [-0.2, 0) is 6.54 Å². The van der Waals surface area contributed by atoms with Gasteiger partial charge in [0.05, 0.1) is 0 Å². The first kappa shape index (κ1) is 14.5. The van der Waals surface area contributed by atoms with Gasteiger partial charge in [-0.3, -0.25) is 0 Å². The van der Waals surface area contributed by atoms with E-state index in [-0.39, 0.29) is 0 Å². The Bertz CT molecular complexity index is 309. The lowest BCUT2D eigenvalue weighted by molar-refractivity contribution is 0.321. The first-order valence-electron chi connectivity index (χ1n) is 6.21. The molecule has 0 aliphatic rings. The molecule has 0 fully saturated rings. The van der Waals surface area contributed by atoms with E-state index in [1.54, 1.807) is 0 Å². The van der Waals surface area contributed by atoms with Gasteiger partial charge < -0.3 is 10.2 Å². The summed E-state index contributed by atoms with van der Waals surface area (Å²) in [6, 6.07) is 8.06. The van der Waals surface area contributed by atoms with E-state index < -0.39 is 0 Å². The molecule has 0 radical (unpaired) electrons. The number of rotatable bonds is 7. The molecule has 0 aliphatic heterocycles. The molecule has 1 aromatic rings. The van der Waals surface area contributed by atoms with Gasteiger partial charge in [-0.1, -0.05) is 37.6 Å². The first-order chi connectivity index (χ1) is 8.08. The maximum Gasteiger partial charge on any atom is 0.0406 e. The first-order valence-corrected chi connectivity index (χ1v) is 6.59. The van der Waals surface area contributed by atoms with E-state index in [1.807, 2.05) is 12.1 Å². The van der Waals surface area contributed by atoms with Gasteiger partial charge >= 0.3 is 0 Å². The van der Waals surface area contributed by atoms with Crippen LogP contribution in [0.3, 0.4) is 0 Å². The van der Waals surface area contributed by atoms with Crippen LogP contribution in [0.5, 0.6) is 0 Å². The molecule has 1 aromatic carbocycles. The zero-order valence-electron chi connectivity index (χ0n) is 11.0. The van der Waals surface area contributed by atoms with Gasteiger partial charge in [-0.05, 0) is 37.2 Å². The fourth-order valence-corrected chi connectivity index (χ4v) is 1.77. The van der Waals surface area contributed by atoms with Gasteiger partial charge in [-0.2, -0.15) is 0 Å². The molecule has 1 rings (SSSR count). The van der Waals surface area contributed by atoms with Gasteiger partial charge in [0.25, 0.3) is 0 Å². The van der Waals surface area contributed by atoms with E-state index >= 15 is 0 Å². The highest BCUT2D eigenvalue weighted by Gasteiger charge is 2.00. The van der Waals surface area contributed by atoms with Crippen molar-refractivity contribution in [2.75, 3.05) is 26.7 Å². The molecule has 0 aliphatic carbocycles. The normalized spacial score (nSPS) is 11.4. The summed E-state index contributed by atoms with van der Waals surface area (Å²) in [5, 5.41) is 4.25. The summed E-state index contributed by atoms with van der Waals surface area (Å²) in [5.41, 5.74) is 1.31. The molecule has 0 saturated heterocycles. The van der Waals surface area contributed by atoms with Crippen LogP contribution in [0.1, 0.15) is 19.4 Å². The van der Waals surface area contributed by atoms with Gasteiger partial charge in [0.1, 0.15) is 0 Å². The molecule has 0 unspecified atom stereocenters. The summed E-state index contributed by atoms with van der Waals surface area (Å²) in [6.45, 7) is 8.63. The number of nitrogens with one attached hydrogen (secondary N) is 1. The van der Waals surface area contributed by atoms with Crippen LogP contribution in [0.25, 0.3) is 0 Å². The van der Waals surface area contributed by atoms with E-state index in [4.69, 9.17) is 11.6 Å². The van der Waals surface area contributed by atoms with Crippen molar-refractivity contribution in [3.05, 3.63) is 34.9 Å². The van der Waals surface area contributed by atoms with Crippen molar-refractivity contribution >= 4 is 11.6 Å². The number of benzene rings is 1. The van der Waals surface area contributed by atoms with Gasteiger partial charge in [-0.15, -0.1) is 0 Å². The third-order valence-corrected chi connectivity index (χ3v) is 2.84. The molecule has 0 spiro atoms. The van der Waals surface area contributed by atoms with Crippen LogP contribution in [0.15, 0.2) is 24.3 Å². The number of hydrogen-bond acceptors (Lipinski definition) is 2. The second-order valence-corrected chi connectivity index (χ2v) is 5.40. The van der Waals surface area contributed by atoms with Gasteiger partial charge in [0.2, 0.25) is 0 Å². The Morgan fingerprint density at radius 3 is 2.47 bits per heavy atom. The van der Waals surface area contributed by atoms with E-state index in [2.05, 4.69) is 43.2 Å². The molecular weight excluding hydrogens is 232 g/mol. The molecule has 0 atom stereocenters. The number of halogens is 1. The Kier molecular flexibility index (Phi) is 6.56. The van der Waals surface area contributed by atoms with Crippen molar-refractivity contribution in [1.29, 1.82) is 0 Å². The molecule has 96 valence electrons. The van der Waals surface area contributed by atoms with Crippen LogP contribution >= 0.6 is 11.6 Å². The van der Waals surface area contributed by atoms with Gasteiger partial charge in [0, 0.05) is 24.7 Å². The van der Waals surface area contributed by atoms with Gasteiger partial charge in [-0.25, -0.2) is 0 Å². The highest BCUT2D eigenvalue weighted by atomic mass is 35.5. The van der Waals surface area contributed by atoms with Crippen molar-refractivity contribution in [2.45, 2.75) is 20.4 Å². The molecule has 0 saturated carbocycles. The SMILES string of the molecule is CC(C)CNCCN(C)Cc1ccc(Cl)cc1. The monoisotopic (exact) mass is 254 g/mol. The highest BCUT2D eigenvalue weighted by molar-refractivity contribution is 6.30. The van der Waals surface area contributed by atoms with Crippen LogP contribution < -0.4 is 5.32 Å². The Balaban J connectivity index is 2.20. The lowest BCUT2D eigenvalue weighted by Crippen LogP contribution is -2.30. The molecule has 0 aromatic heterocycles. The Morgan fingerprint density at radius 1 is 1.24 bits per heavy atom. The topological polar surface area (TPSA) is 15.3 Å². The average molecular weight is 255 g/mol. The zero-order chi connectivity index (χ0) is 12.7. The molecule has 3 heteroatoms. The Labute approximate surface area is 110 Å². The minimum Gasteiger partial charge on any atom is -0.315 e. The zero-order valence-corrected chi connectivity index (χ0v) is 11.8. The molecule has 17 heavy (non-hydrogen) atoms.